The van der Waals surface area contributed by atoms with E-state index >= 15 is 0 Å². The highest BCUT2D eigenvalue weighted by atomic mass is 35.5. The van der Waals surface area contributed by atoms with E-state index in [0.717, 1.165) is 42.2 Å². The number of nitrogens with zero attached hydrogens (tertiary/aromatic N) is 1. The Kier molecular flexibility index (Phi) is 8.70. The molecule has 1 heterocycles. The summed E-state index contributed by atoms with van der Waals surface area (Å²) >= 11 is 0. The Morgan fingerprint density at radius 2 is 1.78 bits per heavy atom. The fraction of sp³-hybridized carbons (Fsp3) is 0.258. The van der Waals surface area contributed by atoms with Crippen molar-refractivity contribution >= 4 is 40.5 Å². The molecule has 2 N–H and O–H groups in total. The molecule has 4 aromatic rings. The summed E-state index contributed by atoms with van der Waals surface area (Å²) in [5, 5.41) is 15.3. The first-order chi connectivity index (χ1) is 17.6. The summed E-state index contributed by atoms with van der Waals surface area (Å²) in [6, 6.07) is 31.6. The third kappa shape index (κ3) is 6.24. The van der Waals surface area contributed by atoms with Crippen LogP contribution >= 0.6 is 12.4 Å². The zero-order valence-corrected chi connectivity index (χ0v) is 21.8. The second kappa shape index (κ2) is 12.1. The van der Waals surface area contributed by atoms with Crippen molar-refractivity contribution in [3.05, 3.63) is 102 Å². The van der Waals surface area contributed by atoms with Crippen LogP contribution in [0.5, 0.6) is 5.75 Å². The molecule has 5 nitrogen and oxygen atoms in total. The minimum absolute atomic E-state index is 0. The predicted octanol–water partition coefficient (Wildman–Crippen LogP) is 6.92. The van der Waals surface area contributed by atoms with E-state index in [9.17, 15) is 4.79 Å². The molecule has 0 bridgehead atoms. The number of hydrogen-bond acceptors (Lipinski definition) is 4. The Morgan fingerprint density at radius 1 is 1.03 bits per heavy atom. The topological polar surface area (TPSA) is 61.8 Å². The van der Waals surface area contributed by atoms with Crippen LogP contribution in [-0.2, 0) is 11.2 Å². The Morgan fingerprint density at radius 3 is 2.65 bits per heavy atom. The van der Waals surface area contributed by atoms with Gasteiger partial charge in [0, 0.05) is 18.2 Å². The highest BCUT2D eigenvalue weighted by molar-refractivity contribution is 5.86. The van der Waals surface area contributed by atoms with Crippen LogP contribution in [0.25, 0.3) is 10.8 Å². The largest absolute Gasteiger partial charge is 0.486 e. The summed E-state index contributed by atoms with van der Waals surface area (Å²) in [5.41, 5.74) is 4.45. The van der Waals surface area contributed by atoms with Gasteiger partial charge in [-0.25, -0.2) is 0 Å². The molecule has 37 heavy (non-hydrogen) atoms. The van der Waals surface area contributed by atoms with Gasteiger partial charge >= 0.3 is 5.97 Å². The fourth-order valence-electron chi connectivity index (χ4n) is 5.02. The first-order valence-electron chi connectivity index (χ1n) is 12.6. The Balaban J connectivity index is 0.00000320. The van der Waals surface area contributed by atoms with Crippen LogP contribution < -0.4 is 15.0 Å². The van der Waals surface area contributed by atoms with E-state index in [1.54, 1.807) is 0 Å². The molecule has 0 saturated heterocycles. The first-order valence-corrected chi connectivity index (χ1v) is 12.6. The number of benzene rings is 4. The number of aryl methyl sites for hydroxylation is 1. The van der Waals surface area contributed by atoms with E-state index in [-0.39, 0.29) is 31.0 Å². The van der Waals surface area contributed by atoms with Crippen molar-refractivity contribution in [1.82, 2.24) is 5.32 Å². The molecule has 6 heteroatoms. The normalized spacial score (nSPS) is 15.4. The van der Waals surface area contributed by atoms with Crippen LogP contribution in [0.2, 0.25) is 0 Å². The lowest BCUT2D eigenvalue weighted by Gasteiger charge is -2.36. The number of aliphatic carboxylic acids is 1. The monoisotopic (exact) mass is 516 g/mol. The zero-order valence-electron chi connectivity index (χ0n) is 21.0. The van der Waals surface area contributed by atoms with Crippen molar-refractivity contribution in [3.8, 4) is 5.75 Å². The average Bonchev–Trinajstić information content (AvgIpc) is 2.91. The highest BCUT2D eigenvalue weighted by Gasteiger charge is 2.26. The van der Waals surface area contributed by atoms with E-state index in [4.69, 9.17) is 9.84 Å². The molecule has 0 aromatic heterocycles. The van der Waals surface area contributed by atoms with Crippen LogP contribution in [0.4, 0.5) is 11.4 Å². The van der Waals surface area contributed by atoms with E-state index in [1.165, 1.54) is 16.3 Å². The van der Waals surface area contributed by atoms with Crippen molar-refractivity contribution in [2.24, 2.45) is 0 Å². The fourth-order valence-corrected chi connectivity index (χ4v) is 5.02. The summed E-state index contributed by atoms with van der Waals surface area (Å²) in [6.07, 6.45) is 1.56. The third-order valence-electron chi connectivity index (χ3n) is 6.89. The number of nitrogens with one attached hydrogen (secondary N) is 1. The number of anilines is 2. The zero-order chi connectivity index (χ0) is 24.9. The minimum atomic E-state index is -0.776. The molecule has 1 aliphatic rings. The van der Waals surface area contributed by atoms with Crippen molar-refractivity contribution in [1.29, 1.82) is 0 Å². The summed E-state index contributed by atoms with van der Waals surface area (Å²) in [4.78, 5) is 13.3. The number of rotatable bonds is 9. The smallest absolute Gasteiger partial charge is 0.303 e. The molecule has 0 amide bonds. The molecule has 1 unspecified atom stereocenters. The van der Waals surface area contributed by atoms with Crippen LogP contribution in [0.15, 0.2) is 91.0 Å². The van der Waals surface area contributed by atoms with Gasteiger partial charge in [-0.1, -0.05) is 66.7 Å². The maximum Gasteiger partial charge on any atom is 0.303 e. The van der Waals surface area contributed by atoms with Gasteiger partial charge in [0.25, 0.3) is 0 Å². The molecular formula is C31H33ClN2O3. The number of halogens is 1. The average molecular weight is 517 g/mol. The summed E-state index contributed by atoms with van der Waals surface area (Å²) in [5.74, 6) is 0.106. The van der Waals surface area contributed by atoms with Crippen LogP contribution in [0.1, 0.15) is 36.9 Å². The molecule has 0 fully saturated rings. The van der Waals surface area contributed by atoms with Gasteiger partial charge in [0.2, 0.25) is 0 Å². The number of hydrogen-bond donors (Lipinski definition) is 2. The number of para-hydroxylation sites is 2. The quantitative estimate of drug-likeness (QED) is 0.253. The standard InChI is InChI=1S/C31H32N2O3.ClH/c1-22(27-13-7-10-24-9-2-3-12-28(24)27)32-19-18-26-21-33(29-14-4-5-15-30(29)36-26)25-11-6-8-23(20-25)16-17-31(34)35;/h2-15,20,22,26,32H,16-19,21H2,1H3,(H,34,35);1H/t22-,26?;/m1./s1. The maximum atomic E-state index is 11.0. The molecular weight excluding hydrogens is 484 g/mol. The second-order valence-corrected chi connectivity index (χ2v) is 9.41. The van der Waals surface area contributed by atoms with Gasteiger partial charge in [0.1, 0.15) is 11.9 Å². The molecule has 4 aromatic carbocycles. The first kappa shape index (κ1) is 26.5. The molecule has 0 saturated carbocycles. The molecule has 0 aliphatic carbocycles. The Labute approximate surface area is 224 Å². The lowest BCUT2D eigenvalue weighted by Crippen LogP contribution is -2.39. The maximum absolute atomic E-state index is 11.0. The van der Waals surface area contributed by atoms with E-state index in [1.807, 2.05) is 30.3 Å². The molecule has 1 aliphatic heterocycles. The van der Waals surface area contributed by atoms with Crippen LogP contribution in [0, 0.1) is 0 Å². The molecule has 192 valence electrons. The van der Waals surface area contributed by atoms with Crippen molar-refractivity contribution in [2.45, 2.75) is 38.3 Å². The molecule has 0 spiro atoms. The minimum Gasteiger partial charge on any atom is -0.486 e. The number of carboxylic acid groups (broad SMARTS) is 1. The van der Waals surface area contributed by atoms with Gasteiger partial charge in [-0.15, -0.1) is 12.4 Å². The predicted molar refractivity (Wildman–Crippen MR) is 152 cm³/mol. The van der Waals surface area contributed by atoms with Crippen molar-refractivity contribution < 1.29 is 14.6 Å². The second-order valence-electron chi connectivity index (χ2n) is 9.41. The van der Waals surface area contributed by atoms with Crippen molar-refractivity contribution in [2.75, 3.05) is 18.0 Å². The van der Waals surface area contributed by atoms with Gasteiger partial charge in [0.05, 0.1) is 12.2 Å². The Hall–Kier alpha value is -3.54. The molecule has 5 rings (SSSR count). The van der Waals surface area contributed by atoms with Crippen LogP contribution in [-0.4, -0.2) is 30.3 Å². The van der Waals surface area contributed by atoms with Crippen molar-refractivity contribution in [3.63, 3.8) is 0 Å². The third-order valence-corrected chi connectivity index (χ3v) is 6.89. The van der Waals surface area contributed by atoms with Crippen LogP contribution in [0.3, 0.4) is 0 Å². The molecule has 2 atom stereocenters. The molecule has 0 radical (unpaired) electrons. The summed E-state index contributed by atoms with van der Waals surface area (Å²) in [7, 11) is 0. The van der Waals surface area contributed by atoms with E-state index < -0.39 is 5.97 Å². The number of ether oxygens (including phenoxy) is 1. The summed E-state index contributed by atoms with van der Waals surface area (Å²) < 4.78 is 6.39. The van der Waals surface area contributed by atoms with Gasteiger partial charge in [-0.2, -0.15) is 0 Å². The lowest BCUT2D eigenvalue weighted by atomic mass is 9.99. The number of carbonyl (C=O) groups is 1. The van der Waals surface area contributed by atoms with E-state index in [2.05, 4.69) is 77.8 Å². The van der Waals surface area contributed by atoms with Gasteiger partial charge < -0.3 is 20.1 Å². The van der Waals surface area contributed by atoms with Gasteiger partial charge in [-0.3, -0.25) is 4.79 Å². The summed E-state index contributed by atoms with van der Waals surface area (Å²) in [6.45, 7) is 3.79. The number of carboxylic acids is 1. The Bertz CT molecular complexity index is 1350. The number of fused-ring (bicyclic) bond motifs is 2. The van der Waals surface area contributed by atoms with E-state index in [0.29, 0.717) is 6.42 Å². The van der Waals surface area contributed by atoms with Gasteiger partial charge in [0.15, 0.2) is 0 Å². The SMILES string of the molecule is C[C@@H](NCCC1CN(c2cccc(CCC(=O)O)c2)c2ccccc2O1)c1cccc2ccccc12.Cl. The highest BCUT2D eigenvalue weighted by Crippen LogP contribution is 2.38. The van der Waals surface area contributed by atoms with Gasteiger partial charge in [-0.05, 0) is 72.5 Å². The lowest BCUT2D eigenvalue weighted by molar-refractivity contribution is -0.136.